The SMILES string of the molecule is CCC=C(CC)C(=O)NC#N. The summed E-state index contributed by atoms with van der Waals surface area (Å²) >= 11 is 0. The van der Waals surface area contributed by atoms with Gasteiger partial charge in [0.2, 0.25) is 0 Å². The molecule has 0 aromatic rings. The van der Waals surface area contributed by atoms with Gasteiger partial charge in [0, 0.05) is 5.57 Å². The quantitative estimate of drug-likeness (QED) is 0.377. The number of nitrogens with zero attached hydrogens (tertiary/aromatic N) is 1. The van der Waals surface area contributed by atoms with Crippen molar-refractivity contribution in [3.8, 4) is 6.19 Å². The maximum absolute atomic E-state index is 11.0. The molecule has 0 unspecified atom stereocenters. The van der Waals surface area contributed by atoms with Gasteiger partial charge in [-0.2, -0.15) is 5.26 Å². The Balaban J connectivity index is 4.17. The first-order valence-corrected chi connectivity index (χ1v) is 3.64. The molecule has 0 atom stereocenters. The molecule has 0 radical (unpaired) electrons. The summed E-state index contributed by atoms with van der Waals surface area (Å²) in [6.07, 6.45) is 4.92. The molecule has 1 amide bonds. The van der Waals surface area contributed by atoms with Crippen LogP contribution in [-0.4, -0.2) is 5.91 Å². The molecule has 0 aliphatic carbocycles. The Morgan fingerprint density at radius 1 is 1.64 bits per heavy atom. The third kappa shape index (κ3) is 3.41. The monoisotopic (exact) mass is 152 g/mol. The summed E-state index contributed by atoms with van der Waals surface area (Å²) in [5.74, 6) is -0.281. The van der Waals surface area contributed by atoms with Crippen LogP contribution in [0.25, 0.3) is 0 Å². The van der Waals surface area contributed by atoms with Crippen LogP contribution >= 0.6 is 0 Å². The van der Waals surface area contributed by atoms with E-state index in [1.807, 2.05) is 19.9 Å². The van der Waals surface area contributed by atoms with Crippen molar-refractivity contribution in [2.75, 3.05) is 0 Å². The van der Waals surface area contributed by atoms with Crippen molar-refractivity contribution in [1.29, 1.82) is 5.26 Å². The van der Waals surface area contributed by atoms with Gasteiger partial charge >= 0.3 is 0 Å². The molecule has 0 heterocycles. The smallest absolute Gasteiger partial charge is 0.259 e. The van der Waals surface area contributed by atoms with E-state index >= 15 is 0 Å². The zero-order chi connectivity index (χ0) is 8.69. The normalized spacial score (nSPS) is 10.5. The van der Waals surface area contributed by atoms with Crippen molar-refractivity contribution in [1.82, 2.24) is 5.32 Å². The highest BCUT2D eigenvalue weighted by molar-refractivity contribution is 5.94. The van der Waals surface area contributed by atoms with Crippen molar-refractivity contribution >= 4 is 5.91 Å². The van der Waals surface area contributed by atoms with Crippen LogP contribution in [0.3, 0.4) is 0 Å². The first-order chi connectivity index (χ1) is 5.26. The fraction of sp³-hybridized carbons (Fsp3) is 0.500. The van der Waals surface area contributed by atoms with Crippen LogP contribution in [0.1, 0.15) is 26.7 Å². The first-order valence-electron chi connectivity index (χ1n) is 3.64. The maximum Gasteiger partial charge on any atom is 0.259 e. The van der Waals surface area contributed by atoms with Crippen molar-refractivity contribution in [3.05, 3.63) is 11.6 Å². The molecule has 60 valence electrons. The fourth-order valence-electron chi connectivity index (χ4n) is 0.775. The standard InChI is InChI=1S/C8H12N2O/c1-3-5-7(4-2)8(11)10-6-9/h5H,3-4H2,1-2H3,(H,10,11). The van der Waals surface area contributed by atoms with Gasteiger partial charge in [-0.15, -0.1) is 0 Å². The van der Waals surface area contributed by atoms with Gasteiger partial charge in [-0.25, -0.2) is 0 Å². The van der Waals surface area contributed by atoms with Crippen LogP contribution in [0.4, 0.5) is 0 Å². The number of nitriles is 1. The van der Waals surface area contributed by atoms with E-state index < -0.39 is 0 Å². The van der Waals surface area contributed by atoms with Crippen LogP contribution in [0.2, 0.25) is 0 Å². The summed E-state index contributed by atoms with van der Waals surface area (Å²) < 4.78 is 0. The van der Waals surface area contributed by atoms with Crippen LogP contribution in [0.15, 0.2) is 11.6 Å². The summed E-state index contributed by atoms with van der Waals surface area (Å²) in [6, 6.07) is 0. The highest BCUT2D eigenvalue weighted by Crippen LogP contribution is 2.01. The highest BCUT2D eigenvalue weighted by atomic mass is 16.1. The molecule has 0 spiro atoms. The van der Waals surface area contributed by atoms with Crippen LogP contribution < -0.4 is 5.32 Å². The predicted molar refractivity (Wildman–Crippen MR) is 42.4 cm³/mol. The lowest BCUT2D eigenvalue weighted by Crippen LogP contribution is -2.19. The van der Waals surface area contributed by atoms with Gasteiger partial charge in [0.15, 0.2) is 6.19 Å². The summed E-state index contributed by atoms with van der Waals surface area (Å²) in [6.45, 7) is 3.84. The molecule has 0 fully saturated rings. The minimum Gasteiger partial charge on any atom is -0.269 e. The van der Waals surface area contributed by atoms with E-state index in [1.165, 1.54) is 0 Å². The molecular weight excluding hydrogens is 140 g/mol. The molecule has 0 bridgehead atoms. The lowest BCUT2D eigenvalue weighted by molar-refractivity contribution is -0.116. The van der Waals surface area contributed by atoms with Gasteiger partial charge in [0.1, 0.15) is 0 Å². The van der Waals surface area contributed by atoms with E-state index in [9.17, 15) is 4.79 Å². The predicted octanol–water partition coefficient (Wildman–Crippen LogP) is 1.33. The number of hydrogen-bond acceptors (Lipinski definition) is 2. The second kappa shape index (κ2) is 5.48. The zero-order valence-electron chi connectivity index (χ0n) is 6.85. The topological polar surface area (TPSA) is 52.9 Å². The molecular formula is C8H12N2O. The van der Waals surface area contributed by atoms with E-state index in [0.29, 0.717) is 12.0 Å². The number of nitrogens with one attached hydrogen (secondary N) is 1. The van der Waals surface area contributed by atoms with Crippen LogP contribution in [-0.2, 0) is 4.79 Å². The van der Waals surface area contributed by atoms with Gasteiger partial charge in [-0.05, 0) is 12.8 Å². The molecule has 3 nitrogen and oxygen atoms in total. The van der Waals surface area contributed by atoms with Gasteiger partial charge < -0.3 is 0 Å². The Bertz CT molecular complexity index is 201. The van der Waals surface area contributed by atoms with Crippen molar-refractivity contribution in [2.45, 2.75) is 26.7 Å². The largest absolute Gasteiger partial charge is 0.269 e. The molecule has 0 aliphatic rings. The van der Waals surface area contributed by atoms with E-state index in [2.05, 4.69) is 5.32 Å². The van der Waals surface area contributed by atoms with Gasteiger partial charge in [0.25, 0.3) is 5.91 Å². The van der Waals surface area contributed by atoms with E-state index in [-0.39, 0.29) is 5.91 Å². The number of carbonyl (C=O) groups is 1. The van der Waals surface area contributed by atoms with E-state index in [4.69, 9.17) is 5.26 Å². The molecule has 1 N–H and O–H groups in total. The van der Waals surface area contributed by atoms with E-state index in [1.54, 1.807) is 6.19 Å². The minimum atomic E-state index is -0.281. The molecule has 3 heteroatoms. The van der Waals surface area contributed by atoms with E-state index in [0.717, 1.165) is 6.42 Å². The molecule has 11 heavy (non-hydrogen) atoms. The van der Waals surface area contributed by atoms with Crippen LogP contribution in [0.5, 0.6) is 0 Å². The Morgan fingerprint density at radius 2 is 2.27 bits per heavy atom. The molecule has 0 saturated heterocycles. The number of allylic oxidation sites excluding steroid dienone is 1. The van der Waals surface area contributed by atoms with Crippen molar-refractivity contribution in [2.24, 2.45) is 0 Å². The number of hydrogen-bond donors (Lipinski definition) is 1. The van der Waals surface area contributed by atoms with Gasteiger partial charge in [-0.1, -0.05) is 19.9 Å². The van der Waals surface area contributed by atoms with Gasteiger partial charge in [-0.3, -0.25) is 10.1 Å². The van der Waals surface area contributed by atoms with Crippen molar-refractivity contribution in [3.63, 3.8) is 0 Å². The zero-order valence-corrected chi connectivity index (χ0v) is 6.85. The number of carbonyl (C=O) groups excluding carboxylic acids is 1. The highest BCUT2D eigenvalue weighted by Gasteiger charge is 2.03. The van der Waals surface area contributed by atoms with Crippen LogP contribution in [0, 0.1) is 11.5 Å². The number of rotatable bonds is 3. The Hall–Kier alpha value is -1.30. The molecule has 0 saturated carbocycles. The fourth-order valence-corrected chi connectivity index (χ4v) is 0.775. The second-order valence-electron chi connectivity index (χ2n) is 2.06. The maximum atomic E-state index is 11.0. The summed E-state index contributed by atoms with van der Waals surface area (Å²) in [5.41, 5.74) is 0.675. The lowest BCUT2D eigenvalue weighted by atomic mass is 10.1. The minimum absolute atomic E-state index is 0.281. The third-order valence-corrected chi connectivity index (χ3v) is 1.29. The molecule has 0 aromatic heterocycles. The molecule has 0 rings (SSSR count). The first kappa shape index (κ1) is 9.70. The average Bonchev–Trinajstić information content (AvgIpc) is 2.00. The molecule has 0 aliphatic heterocycles. The average molecular weight is 152 g/mol. The lowest BCUT2D eigenvalue weighted by Gasteiger charge is -1.98. The Kier molecular flexibility index (Phi) is 4.83. The summed E-state index contributed by atoms with van der Waals surface area (Å²) in [5, 5.41) is 10.2. The number of amides is 1. The Labute approximate surface area is 66.7 Å². The second-order valence-corrected chi connectivity index (χ2v) is 2.06. The summed E-state index contributed by atoms with van der Waals surface area (Å²) in [4.78, 5) is 11.0. The van der Waals surface area contributed by atoms with Gasteiger partial charge in [0.05, 0.1) is 0 Å². The third-order valence-electron chi connectivity index (χ3n) is 1.29. The Morgan fingerprint density at radius 3 is 2.64 bits per heavy atom. The molecule has 0 aromatic carbocycles. The summed E-state index contributed by atoms with van der Waals surface area (Å²) in [7, 11) is 0. The van der Waals surface area contributed by atoms with Crippen molar-refractivity contribution < 1.29 is 4.79 Å².